The van der Waals surface area contributed by atoms with Gasteiger partial charge in [-0.15, -0.1) is 0 Å². The van der Waals surface area contributed by atoms with E-state index in [-0.39, 0.29) is 12.3 Å². The first-order valence-electron chi connectivity index (χ1n) is 7.09. The van der Waals surface area contributed by atoms with Crippen molar-refractivity contribution in [2.24, 2.45) is 0 Å². The summed E-state index contributed by atoms with van der Waals surface area (Å²) in [6.45, 7) is 1.58. The number of amides is 1. The topological polar surface area (TPSA) is 42.4 Å². The number of halogens is 1. The van der Waals surface area contributed by atoms with E-state index in [0.717, 1.165) is 11.1 Å². The van der Waals surface area contributed by atoms with Crippen molar-refractivity contribution in [3.63, 3.8) is 0 Å². The Bertz CT molecular complexity index is 605. The predicted molar refractivity (Wildman–Crippen MR) is 86.7 cm³/mol. The number of methoxy groups -OCH3 is 1. The van der Waals surface area contributed by atoms with Gasteiger partial charge in [-0.3, -0.25) is 9.78 Å². The predicted octanol–water partition coefficient (Wildman–Crippen LogP) is 2.95. The van der Waals surface area contributed by atoms with Crippen LogP contribution in [-0.4, -0.2) is 36.1 Å². The third kappa shape index (κ3) is 4.83. The summed E-state index contributed by atoms with van der Waals surface area (Å²) < 4.78 is 5.10. The van der Waals surface area contributed by atoms with E-state index in [2.05, 4.69) is 4.98 Å². The van der Waals surface area contributed by atoms with Gasteiger partial charge in [0.05, 0.1) is 13.0 Å². The van der Waals surface area contributed by atoms with E-state index >= 15 is 0 Å². The van der Waals surface area contributed by atoms with Crippen LogP contribution in [0.2, 0.25) is 5.02 Å². The molecule has 0 fully saturated rings. The monoisotopic (exact) mass is 318 g/mol. The SMILES string of the molecule is COCCN(Cc1ccncc1)C(=O)Cc1ccccc1Cl. The average molecular weight is 319 g/mol. The minimum Gasteiger partial charge on any atom is -0.383 e. The lowest BCUT2D eigenvalue weighted by atomic mass is 10.1. The van der Waals surface area contributed by atoms with Gasteiger partial charge in [-0.2, -0.15) is 0 Å². The van der Waals surface area contributed by atoms with Crippen molar-refractivity contribution < 1.29 is 9.53 Å². The van der Waals surface area contributed by atoms with Crippen molar-refractivity contribution in [1.82, 2.24) is 9.88 Å². The fourth-order valence-electron chi connectivity index (χ4n) is 2.12. The first kappa shape index (κ1) is 16.5. The van der Waals surface area contributed by atoms with E-state index in [0.29, 0.717) is 24.7 Å². The summed E-state index contributed by atoms with van der Waals surface area (Å²) in [6, 6.07) is 11.2. The van der Waals surface area contributed by atoms with Crippen molar-refractivity contribution >= 4 is 17.5 Å². The van der Waals surface area contributed by atoms with Crippen molar-refractivity contribution in [1.29, 1.82) is 0 Å². The molecule has 0 unspecified atom stereocenters. The van der Waals surface area contributed by atoms with Crippen LogP contribution in [0.5, 0.6) is 0 Å². The molecule has 1 aromatic heterocycles. The van der Waals surface area contributed by atoms with Crippen LogP contribution in [0.4, 0.5) is 0 Å². The van der Waals surface area contributed by atoms with Crippen LogP contribution in [0, 0.1) is 0 Å². The third-order valence-electron chi connectivity index (χ3n) is 3.34. The number of ether oxygens (including phenoxy) is 1. The molecule has 0 aliphatic heterocycles. The number of rotatable bonds is 7. The zero-order valence-corrected chi connectivity index (χ0v) is 13.3. The highest BCUT2D eigenvalue weighted by Crippen LogP contribution is 2.17. The number of benzene rings is 1. The summed E-state index contributed by atoms with van der Waals surface area (Å²) >= 11 is 6.13. The molecule has 0 aliphatic carbocycles. The van der Waals surface area contributed by atoms with Crippen molar-refractivity contribution in [3.8, 4) is 0 Å². The molecular weight excluding hydrogens is 300 g/mol. The largest absolute Gasteiger partial charge is 0.383 e. The number of pyridine rings is 1. The molecule has 5 heteroatoms. The van der Waals surface area contributed by atoms with Crippen molar-refractivity contribution in [2.45, 2.75) is 13.0 Å². The number of carbonyl (C=O) groups excluding carboxylic acids is 1. The molecule has 0 aliphatic rings. The van der Waals surface area contributed by atoms with Crippen LogP contribution in [0.15, 0.2) is 48.8 Å². The van der Waals surface area contributed by atoms with Gasteiger partial charge in [-0.05, 0) is 29.3 Å². The van der Waals surface area contributed by atoms with Crippen LogP contribution < -0.4 is 0 Å². The van der Waals surface area contributed by atoms with E-state index in [1.165, 1.54) is 0 Å². The Morgan fingerprint density at radius 3 is 2.64 bits per heavy atom. The van der Waals surface area contributed by atoms with Gasteiger partial charge < -0.3 is 9.64 Å². The van der Waals surface area contributed by atoms with Gasteiger partial charge in [0.15, 0.2) is 0 Å². The Hall–Kier alpha value is -1.91. The molecular formula is C17H19ClN2O2. The molecule has 2 aromatic rings. The quantitative estimate of drug-likeness (QED) is 0.788. The van der Waals surface area contributed by atoms with Gasteiger partial charge in [-0.1, -0.05) is 29.8 Å². The molecule has 4 nitrogen and oxygen atoms in total. The summed E-state index contributed by atoms with van der Waals surface area (Å²) in [4.78, 5) is 18.3. The molecule has 1 heterocycles. The molecule has 1 amide bonds. The standard InChI is InChI=1S/C17H19ClN2O2/c1-22-11-10-20(13-14-6-8-19-9-7-14)17(21)12-15-4-2-3-5-16(15)18/h2-9H,10-13H2,1H3. The van der Waals surface area contributed by atoms with Crippen LogP contribution in [0.25, 0.3) is 0 Å². The fourth-order valence-corrected chi connectivity index (χ4v) is 2.32. The zero-order valence-electron chi connectivity index (χ0n) is 12.5. The maximum atomic E-state index is 12.6. The Balaban J connectivity index is 2.07. The van der Waals surface area contributed by atoms with E-state index in [1.807, 2.05) is 30.3 Å². The van der Waals surface area contributed by atoms with E-state index in [9.17, 15) is 4.79 Å². The van der Waals surface area contributed by atoms with E-state index in [1.54, 1.807) is 30.5 Å². The minimum absolute atomic E-state index is 0.0296. The maximum absolute atomic E-state index is 12.6. The highest BCUT2D eigenvalue weighted by atomic mass is 35.5. The molecule has 0 saturated carbocycles. The Kier molecular flexibility index (Phi) is 6.37. The van der Waals surface area contributed by atoms with Crippen LogP contribution in [0.1, 0.15) is 11.1 Å². The van der Waals surface area contributed by atoms with Crippen molar-refractivity contribution in [3.05, 3.63) is 64.9 Å². The number of nitrogens with zero attached hydrogens (tertiary/aromatic N) is 2. The lowest BCUT2D eigenvalue weighted by Gasteiger charge is -2.23. The summed E-state index contributed by atoms with van der Waals surface area (Å²) in [5.74, 6) is 0.0296. The molecule has 2 rings (SSSR count). The third-order valence-corrected chi connectivity index (χ3v) is 3.71. The Labute approximate surface area is 135 Å². The lowest BCUT2D eigenvalue weighted by molar-refractivity contribution is -0.131. The second-order valence-electron chi connectivity index (χ2n) is 4.93. The number of aromatic nitrogens is 1. The number of hydrogen-bond acceptors (Lipinski definition) is 3. The maximum Gasteiger partial charge on any atom is 0.227 e. The Morgan fingerprint density at radius 2 is 1.95 bits per heavy atom. The second kappa shape index (κ2) is 8.51. The van der Waals surface area contributed by atoms with Crippen LogP contribution in [-0.2, 0) is 22.5 Å². The smallest absolute Gasteiger partial charge is 0.227 e. The second-order valence-corrected chi connectivity index (χ2v) is 5.34. The van der Waals surface area contributed by atoms with Crippen LogP contribution in [0.3, 0.4) is 0 Å². The minimum atomic E-state index is 0.0296. The number of hydrogen-bond donors (Lipinski definition) is 0. The normalized spacial score (nSPS) is 10.5. The summed E-state index contributed by atoms with van der Waals surface area (Å²) in [5, 5.41) is 0.617. The Morgan fingerprint density at radius 1 is 1.23 bits per heavy atom. The van der Waals surface area contributed by atoms with Gasteiger partial charge in [0, 0.05) is 37.6 Å². The van der Waals surface area contributed by atoms with Crippen molar-refractivity contribution in [2.75, 3.05) is 20.3 Å². The van der Waals surface area contributed by atoms with Gasteiger partial charge in [0.2, 0.25) is 5.91 Å². The van der Waals surface area contributed by atoms with Gasteiger partial charge in [0.1, 0.15) is 0 Å². The molecule has 1 aromatic carbocycles. The molecule has 0 spiro atoms. The van der Waals surface area contributed by atoms with Crippen LogP contribution >= 0.6 is 11.6 Å². The number of carbonyl (C=O) groups is 1. The van der Waals surface area contributed by atoms with E-state index in [4.69, 9.17) is 16.3 Å². The molecule has 0 bridgehead atoms. The zero-order chi connectivity index (χ0) is 15.8. The average Bonchev–Trinajstić information content (AvgIpc) is 2.54. The molecule has 0 radical (unpaired) electrons. The van der Waals surface area contributed by atoms with Gasteiger partial charge in [-0.25, -0.2) is 0 Å². The molecule has 116 valence electrons. The summed E-state index contributed by atoms with van der Waals surface area (Å²) in [7, 11) is 1.63. The van der Waals surface area contributed by atoms with Gasteiger partial charge in [0.25, 0.3) is 0 Å². The first-order valence-corrected chi connectivity index (χ1v) is 7.47. The van der Waals surface area contributed by atoms with E-state index < -0.39 is 0 Å². The van der Waals surface area contributed by atoms with Gasteiger partial charge >= 0.3 is 0 Å². The summed E-state index contributed by atoms with van der Waals surface area (Å²) in [6.07, 6.45) is 3.74. The molecule has 22 heavy (non-hydrogen) atoms. The first-order chi connectivity index (χ1) is 10.7. The highest BCUT2D eigenvalue weighted by molar-refractivity contribution is 6.31. The molecule has 0 saturated heterocycles. The fraction of sp³-hybridized carbons (Fsp3) is 0.294. The summed E-state index contributed by atoms with van der Waals surface area (Å²) in [5.41, 5.74) is 1.88. The molecule has 0 N–H and O–H groups in total. The highest BCUT2D eigenvalue weighted by Gasteiger charge is 2.15. The lowest BCUT2D eigenvalue weighted by Crippen LogP contribution is -2.34. The molecule has 0 atom stereocenters.